The summed E-state index contributed by atoms with van der Waals surface area (Å²) in [4.78, 5) is 39.1. The van der Waals surface area contributed by atoms with Gasteiger partial charge in [0.05, 0.1) is 27.0 Å². The lowest BCUT2D eigenvalue weighted by molar-refractivity contribution is -0.123. The number of aryl methyl sites for hydroxylation is 1. The first-order chi connectivity index (χ1) is 13.8. The van der Waals surface area contributed by atoms with Crippen molar-refractivity contribution in [1.29, 1.82) is 0 Å². The molecular weight excluding hydrogens is 417 g/mol. The number of anilines is 1. The number of ether oxygens (including phenoxy) is 1. The number of carbonyl (C=O) groups excluding carboxylic acids is 2. The Morgan fingerprint density at radius 1 is 1.14 bits per heavy atom. The van der Waals surface area contributed by atoms with Crippen LogP contribution in [0.5, 0.6) is 0 Å². The number of benzene rings is 2. The van der Waals surface area contributed by atoms with Gasteiger partial charge in [-0.2, -0.15) is 0 Å². The van der Waals surface area contributed by atoms with Gasteiger partial charge in [-0.15, -0.1) is 0 Å². The van der Waals surface area contributed by atoms with E-state index in [1.165, 1.54) is 23.6 Å². The number of aromatic nitrogens is 2. The molecule has 0 aliphatic heterocycles. The molecular formula is C20H17Cl2N3O4. The summed E-state index contributed by atoms with van der Waals surface area (Å²) in [6.45, 7) is 3.23. The molecule has 9 heteroatoms. The van der Waals surface area contributed by atoms with Crippen molar-refractivity contribution in [3.63, 3.8) is 0 Å². The van der Waals surface area contributed by atoms with E-state index in [2.05, 4.69) is 10.3 Å². The van der Waals surface area contributed by atoms with Crippen molar-refractivity contribution in [2.45, 2.75) is 20.0 Å². The Kier molecular flexibility index (Phi) is 6.10. The molecule has 1 aromatic heterocycles. The summed E-state index contributed by atoms with van der Waals surface area (Å²) in [6, 6.07) is 11.1. The van der Waals surface area contributed by atoms with Crippen LogP contribution < -0.4 is 11.0 Å². The number of rotatable bonds is 5. The summed E-state index contributed by atoms with van der Waals surface area (Å²) in [5, 5.41) is 3.07. The van der Waals surface area contributed by atoms with Gasteiger partial charge in [0.2, 0.25) is 0 Å². The maximum atomic E-state index is 12.3. The number of nitrogens with one attached hydrogen (secondary N) is 2. The molecule has 1 unspecified atom stereocenters. The van der Waals surface area contributed by atoms with Crippen molar-refractivity contribution in [3.05, 3.63) is 80.4 Å². The second-order valence-electron chi connectivity index (χ2n) is 6.26. The van der Waals surface area contributed by atoms with Gasteiger partial charge in [-0.3, -0.25) is 9.36 Å². The highest BCUT2D eigenvalue weighted by atomic mass is 35.5. The van der Waals surface area contributed by atoms with Gasteiger partial charge in [0, 0.05) is 11.9 Å². The maximum Gasteiger partial charge on any atom is 0.338 e. The third-order valence-electron chi connectivity index (χ3n) is 4.18. The molecule has 1 heterocycles. The van der Waals surface area contributed by atoms with Gasteiger partial charge in [0.1, 0.15) is 0 Å². The second kappa shape index (κ2) is 8.55. The predicted octanol–water partition coefficient (Wildman–Crippen LogP) is 3.96. The third-order valence-corrected chi connectivity index (χ3v) is 5.00. The smallest absolute Gasteiger partial charge is 0.338 e. The van der Waals surface area contributed by atoms with Crippen LogP contribution in [-0.4, -0.2) is 27.5 Å². The summed E-state index contributed by atoms with van der Waals surface area (Å²) in [6.07, 6.45) is 0.531. The van der Waals surface area contributed by atoms with Gasteiger partial charge >= 0.3 is 11.7 Å². The fourth-order valence-corrected chi connectivity index (χ4v) is 2.99. The molecule has 3 aromatic rings. The largest absolute Gasteiger partial charge is 0.449 e. The van der Waals surface area contributed by atoms with E-state index in [1.54, 1.807) is 43.5 Å². The first-order valence-electron chi connectivity index (χ1n) is 8.61. The zero-order valence-electron chi connectivity index (χ0n) is 15.5. The molecule has 0 saturated heterocycles. The lowest BCUT2D eigenvalue weighted by atomic mass is 10.2. The molecule has 1 atom stereocenters. The Balaban J connectivity index is 1.67. The lowest BCUT2D eigenvalue weighted by Crippen LogP contribution is -2.30. The number of nitrogens with zero attached hydrogens (tertiary/aromatic N) is 1. The van der Waals surface area contributed by atoms with Crippen LogP contribution in [0.1, 0.15) is 23.0 Å². The van der Waals surface area contributed by atoms with Crippen LogP contribution >= 0.6 is 23.2 Å². The average Bonchev–Trinajstić information content (AvgIpc) is 3.03. The standard InChI is InChI=1S/C20H17Cl2N3O4/c1-11-10-23-20(28)25(11)14-8-6-13(7-9-14)19(27)29-12(2)18(26)24-16-5-3-4-15(21)17(16)22/h3-10,12H,1-2H3,(H,23,28)(H,24,26). The van der Waals surface area contributed by atoms with E-state index in [-0.39, 0.29) is 16.3 Å². The zero-order chi connectivity index (χ0) is 21.1. The van der Waals surface area contributed by atoms with E-state index in [0.717, 1.165) is 5.69 Å². The van der Waals surface area contributed by atoms with E-state index in [9.17, 15) is 14.4 Å². The third kappa shape index (κ3) is 4.52. The van der Waals surface area contributed by atoms with Crippen LogP contribution in [0.25, 0.3) is 5.69 Å². The molecule has 150 valence electrons. The molecule has 0 bridgehead atoms. The maximum absolute atomic E-state index is 12.3. The Morgan fingerprint density at radius 3 is 2.45 bits per heavy atom. The normalized spacial score (nSPS) is 11.7. The summed E-state index contributed by atoms with van der Waals surface area (Å²) in [5.74, 6) is -1.22. The molecule has 0 radical (unpaired) electrons. The summed E-state index contributed by atoms with van der Waals surface area (Å²) < 4.78 is 6.69. The molecule has 2 aromatic carbocycles. The Morgan fingerprint density at radius 2 is 1.83 bits per heavy atom. The molecule has 7 nitrogen and oxygen atoms in total. The highest BCUT2D eigenvalue weighted by Crippen LogP contribution is 2.29. The van der Waals surface area contributed by atoms with Crippen molar-refractivity contribution in [3.8, 4) is 5.69 Å². The van der Waals surface area contributed by atoms with Crippen LogP contribution in [0.15, 0.2) is 53.5 Å². The molecule has 0 aliphatic carbocycles. The first kappa shape index (κ1) is 20.7. The van der Waals surface area contributed by atoms with Crippen LogP contribution in [0.2, 0.25) is 10.0 Å². The second-order valence-corrected chi connectivity index (χ2v) is 7.04. The molecule has 0 fully saturated rings. The fourth-order valence-electron chi connectivity index (χ4n) is 2.64. The highest BCUT2D eigenvalue weighted by molar-refractivity contribution is 6.44. The molecule has 2 N–H and O–H groups in total. The van der Waals surface area contributed by atoms with Gasteiger partial charge in [-0.1, -0.05) is 29.3 Å². The Hall–Kier alpha value is -3.03. The van der Waals surface area contributed by atoms with Gasteiger partial charge in [0.15, 0.2) is 6.10 Å². The molecule has 1 amide bonds. The number of amides is 1. The predicted molar refractivity (Wildman–Crippen MR) is 111 cm³/mol. The van der Waals surface area contributed by atoms with Gasteiger partial charge in [-0.25, -0.2) is 9.59 Å². The number of hydrogen-bond acceptors (Lipinski definition) is 4. The topological polar surface area (TPSA) is 93.2 Å². The number of carbonyl (C=O) groups is 2. The lowest BCUT2D eigenvalue weighted by Gasteiger charge is -2.15. The van der Waals surface area contributed by atoms with Gasteiger partial charge < -0.3 is 15.0 Å². The molecule has 0 saturated carbocycles. The zero-order valence-corrected chi connectivity index (χ0v) is 17.0. The number of imidazole rings is 1. The minimum absolute atomic E-state index is 0.201. The van der Waals surface area contributed by atoms with Crippen molar-refractivity contribution >= 4 is 40.8 Å². The van der Waals surface area contributed by atoms with Crippen molar-refractivity contribution in [1.82, 2.24) is 9.55 Å². The van der Waals surface area contributed by atoms with E-state index in [4.69, 9.17) is 27.9 Å². The summed E-state index contributed by atoms with van der Waals surface area (Å²) in [7, 11) is 0. The quantitative estimate of drug-likeness (QED) is 0.595. The Bertz CT molecular complexity index is 1120. The number of aromatic amines is 1. The average molecular weight is 434 g/mol. The van der Waals surface area contributed by atoms with E-state index >= 15 is 0 Å². The number of hydrogen-bond donors (Lipinski definition) is 2. The summed E-state index contributed by atoms with van der Waals surface area (Å²) >= 11 is 12.0. The van der Waals surface area contributed by atoms with Crippen molar-refractivity contribution in [2.24, 2.45) is 0 Å². The number of halogens is 2. The molecule has 3 rings (SSSR count). The van der Waals surface area contributed by atoms with Crippen molar-refractivity contribution < 1.29 is 14.3 Å². The van der Waals surface area contributed by atoms with E-state index < -0.39 is 18.0 Å². The highest BCUT2D eigenvalue weighted by Gasteiger charge is 2.20. The van der Waals surface area contributed by atoms with Crippen molar-refractivity contribution in [2.75, 3.05) is 5.32 Å². The molecule has 0 aliphatic rings. The monoisotopic (exact) mass is 433 g/mol. The number of H-pyrrole nitrogens is 1. The molecule has 0 spiro atoms. The Labute approximate surface area is 176 Å². The van der Waals surface area contributed by atoms with Gasteiger partial charge in [-0.05, 0) is 50.2 Å². The van der Waals surface area contributed by atoms with Crippen LogP contribution in [0.4, 0.5) is 5.69 Å². The van der Waals surface area contributed by atoms with E-state index in [0.29, 0.717) is 16.4 Å². The van der Waals surface area contributed by atoms with E-state index in [1.807, 2.05) is 0 Å². The van der Waals surface area contributed by atoms with Crippen LogP contribution in [-0.2, 0) is 9.53 Å². The molecule has 29 heavy (non-hydrogen) atoms. The minimum atomic E-state index is -1.06. The first-order valence-corrected chi connectivity index (χ1v) is 9.37. The van der Waals surface area contributed by atoms with Crippen LogP contribution in [0.3, 0.4) is 0 Å². The van der Waals surface area contributed by atoms with Gasteiger partial charge in [0.25, 0.3) is 5.91 Å². The summed E-state index contributed by atoms with van der Waals surface area (Å²) in [5.41, 5.74) is 1.63. The number of esters is 1. The minimum Gasteiger partial charge on any atom is -0.449 e. The van der Waals surface area contributed by atoms with Crippen LogP contribution in [0, 0.1) is 6.92 Å². The SMILES string of the molecule is Cc1c[nH]c(=O)n1-c1ccc(C(=O)OC(C)C(=O)Nc2cccc(Cl)c2Cl)cc1. The fraction of sp³-hybridized carbons (Fsp3) is 0.150.